The lowest BCUT2D eigenvalue weighted by Gasteiger charge is -2.38. The first kappa shape index (κ1) is 21.9. The molecule has 0 bridgehead atoms. The number of sulfonamides is 1. The number of amides is 1. The Bertz CT molecular complexity index is 802. The highest BCUT2D eigenvalue weighted by molar-refractivity contribution is 7.89. The molecule has 1 aromatic rings. The Balaban J connectivity index is 1.66. The standard InChI is InChI=1S/C20H28Cl2N2O3S/c1-2-24(17-6-4-3-5-7-17)20(25)15-10-12-23(13-11-15)28(26,27)19-14-16(21)8-9-18(19)22/h8-9,14-15,17H,2-7,10-13H2,1H3. The Morgan fingerprint density at radius 3 is 2.36 bits per heavy atom. The molecule has 1 saturated heterocycles. The summed E-state index contributed by atoms with van der Waals surface area (Å²) in [5.74, 6) is 0.0791. The summed E-state index contributed by atoms with van der Waals surface area (Å²) >= 11 is 12.1. The summed E-state index contributed by atoms with van der Waals surface area (Å²) in [7, 11) is -3.72. The van der Waals surface area contributed by atoms with Crippen LogP contribution in [0.25, 0.3) is 0 Å². The average Bonchev–Trinajstić information content (AvgIpc) is 2.71. The Hall–Kier alpha value is -0.820. The van der Waals surface area contributed by atoms with Gasteiger partial charge in [0.1, 0.15) is 4.90 Å². The third-order valence-electron chi connectivity index (χ3n) is 5.95. The van der Waals surface area contributed by atoms with Gasteiger partial charge in [-0.05, 0) is 50.8 Å². The summed E-state index contributed by atoms with van der Waals surface area (Å²) in [5, 5.41) is 0.496. The summed E-state index contributed by atoms with van der Waals surface area (Å²) in [5.41, 5.74) is 0. The third-order valence-corrected chi connectivity index (χ3v) is 8.57. The second kappa shape index (κ2) is 9.33. The molecule has 2 aliphatic rings. The lowest BCUT2D eigenvalue weighted by atomic mass is 9.91. The van der Waals surface area contributed by atoms with Crippen molar-refractivity contribution in [2.24, 2.45) is 5.92 Å². The van der Waals surface area contributed by atoms with Crippen LogP contribution in [0.5, 0.6) is 0 Å². The quantitative estimate of drug-likeness (QED) is 0.664. The van der Waals surface area contributed by atoms with E-state index in [1.54, 1.807) is 6.07 Å². The number of nitrogens with zero attached hydrogens (tertiary/aromatic N) is 2. The van der Waals surface area contributed by atoms with E-state index >= 15 is 0 Å². The van der Waals surface area contributed by atoms with Crippen molar-refractivity contribution in [2.75, 3.05) is 19.6 Å². The number of piperidine rings is 1. The molecule has 28 heavy (non-hydrogen) atoms. The number of carbonyl (C=O) groups excluding carboxylic acids is 1. The maximum atomic E-state index is 13.1. The summed E-state index contributed by atoms with van der Waals surface area (Å²) < 4.78 is 27.3. The highest BCUT2D eigenvalue weighted by Gasteiger charge is 2.36. The molecule has 2 fully saturated rings. The van der Waals surface area contributed by atoms with E-state index in [0.717, 1.165) is 19.4 Å². The van der Waals surface area contributed by atoms with Gasteiger partial charge in [-0.3, -0.25) is 4.79 Å². The van der Waals surface area contributed by atoms with Crippen LogP contribution >= 0.6 is 23.2 Å². The Kier molecular flexibility index (Phi) is 7.29. The molecule has 1 heterocycles. The predicted molar refractivity (Wildman–Crippen MR) is 112 cm³/mol. The normalized spacial score (nSPS) is 20.2. The van der Waals surface area contributed by atoms with Crippen molar-refractivity contribution in [3.05, 3.63) is 28.2 Å². The zero-order valence-corrected chi connectivity index (χ0v) is 18.6. The number of hydrogen-bond acceptors (Lipinski definition) is 3. The first-order valence-corrected chi connectivity index (χ1v) is 12.3. The first-order chi connectivity index (χ1) is 13.3. The van der Waals surface area contributed by atoms with Gasteiger partial charge in [-0.15, -0.1) is 0 Å². The fourth-order valence-corrected chi connectivity index (χ4v) is 6.59. The molecule has 1 amide bonds. The van der Waals surface area contributed by atoms with E-state index in [4.69, 9.17) is 23.2 Å². The minimum absolute atomic E-state index is 0.0313. The van der Waals surface area contributed by atoms with E-state index in [1.807, 2.05) is 11.8 Å². The van der Waals surface area contributed by atoms with Gasteiger partial charge in [-0.25, -0.2) is 8.42 Å². The number of halogens is 2. The van der Waals surface area contributed by atoms with Gasteiger partial charge in [0.15, 0.2) is 0 Å². The molecule has 0 spiro atoms. The fourth-order valence-electron chi connectivity index (χ4n) is 4.38. The summed E-state index contributed by atoms with van der Waals surface area (Å²) in [6, 6.07) is 4.80. The van der Waals surface area contributed by atoms with Crippen molar-refractivity contribution in [1.29, 1.82) is 0 Å². The van der Waals surface area contributed by atoms with Gasteiger partial charge in [0.2, 0.25) is 15.9 Å². The monoisotopic (exact) mass is 446 g/mol. The van der Waals surface area contributed by atoms with Crippen LogP contribution in [-0.4, -0.2) is 49.2 Å². The molecule has 0 radical (unpaired) electrons. The van der Waals surface area contributed by atoms with Crippen LogP contribution in [0.2, 0.25) is 10.0 Å². The van der Waals surface area contributed by atoms with E-state index in [0.29, 0.717) is 37.0 Å². The van der Waals surface area contributed by atoms with Crippen LogP contribution in [0, 0.1) is 5.92 Å². The third kappa shape index (κ3) is 4.66. The molecule has 8 heteroatoms. The smallest absolute Gasteiger partial charge is 0.244 e. The van der Waals surface area contributed by atoms with Crippen LogP contribution in [0.15, 0.2) is 23.1 Å². The van der Waals surface area contributed by atoms with Crippen molar-refractivity contribution in [1.82, 2.24) is 9.21 Å². The summed E-state index contributed by atoms with van der Waals surface area (Å²) in [6.07, 6.45) is 6.88. The average molecular weight is 447 g/mol. The zero-order chi connectivity index (χ0) is 20.3. The van der Waals surface area contributed by atoms with Gasteiger partial charge in [-0.1, -0.05) is 42.5 Å². The molecule has 1 aliphatic heterocycles. The van der Waals surface area contributed by atoms with E-state index in [-0.39, 0.29) is 21.7 Å². The molecule has 1 aromatic carbocycles. The van der Waals surface area contributed by atoms with E-state index in [1.165, 1.54) is 35.7 Å². The van der Waals surface area contributed by atoms with Crippen LogP contribution in [-0.2, 0) is 14.8 Å². The highest BCUT2D eigenvalue weighted by Crippen LogP contribution is 2.32. The molecule has 3 rings (SSSR count). The van der Waals surface area contributed by atoms with E-state index < -0.39 is 10.0 Å². The maximum absolute atomic E-state index is 13.1. The summed E-state index contributed by atoms with van der Waals surface area (Å²) in [6.45, 7) is 3.40. The Labute approximate surface area is 178 Å². The number of benzene rings is 1. The first-order valence-electron chi connectivity index (χ1n) is 10.1. The summed E-state index contributed by atoms with van der Waals surface area (Å²) in [4.78, 5) is 15.1. The van der Waals surface area contributed by atoms with E-state index in [2.05, 4.69) is 0 Å². The fraction of sp³-hybridized carbons (Fsp3) is 0.650. The molecule has 1 saturated carbocycles. The van der Waals surface area contributed by atoms with Gasteiger partial charge >= 0.3 is 0 Å². The highest BCUT2D eigenvalue weighted by atomic mass is 35.5. The van der Waals surface area contributed by atoms with Crippen LogP contribution in [0.4, 0.5) is 0 Å². The molecule has 1 aliphatic carbocycles. The molecule has 156 valence electrons. The van der Waals surface area contributed by atoms with Crippen molar-refractivity contribution in [2.45, 2.75) is 62.8 Å². The molecule has 0 unspecified atom stereocenters. The molecular weight excluding hydrogens is 419 g/mol. The largest absolute Gasteiger partial charge is 0.340 e. The molecule has 0 N–H and O–H groups in total. The molecule has 0 aromatic heterocycles. The van der Waals surface area contributed by atoms with Gasteiger partial charge in [-0.2, -0.15) is 4.31 Å². The minimum Gasteiger partial charge on any atom is -0.340 e. The van der Waals surface area contributed by atoms with Gasteiger partial charge < -0.3 is 4.90 Å². The zero-order valence-electron chi connectivity index (χ0n) is 16.2. The Morgan fingerprint density at radius 1 is 1.11 bits per heavy atom. The van der Waals surface area contributed by atoms with Crippen molar-refractivity contribution < 1.29 is 13.2 Å². The lowest BCUT2D eigenvalue weighted by Crippen LogP contribution is -2.48. The van der Waals surface area contributed by atoms with Crippen molar-refractivity contribution in [3.8, 4) is 0 Å². The Morgan fingerprint density at radius 2 is 1.75 bits per heavy atom. The number of rotatable bonds is 5. The van der Waals surface area contributed by atoms with Gasteiger partial charge in [0, 0.05) is 36.6 Å². The van der Waals surface area contributed by atoms with Gasteiger partial charge in [0.05, 0.1) is 5.02 Å². The molecule has 5 nitrogen and oxygen atoms in total. The molecular formula is C20H28Cl2N2O3S. The van der Waals surface area contributed by atoms with Crippen LogP contribution < -0.4 is 0 Å². The topological polar surface area (TPSA) is 57.7 Å². The van der Waals surface area contributed by atoms with Gasteiger partial charge in [0.25, 0.3) is 0 Å². The SMILES string of the molecule is CCN(C(=O)C1CCN(S(=O)(=O)c2cc(Cl)ccc2Cl)CC1)C1CCCCC1. The molecule has 0 atom stereocenters. The van der Waals surface area contributed by atoms with Crippen molar-refractivity contribution in [3.63, 3.8) is 0 Å². The van der Waals surface area contributed by atoms with Crippen LogP contribution in [0.3, 0.4) is 0 Å². The van der Waals surface area contributed by atoms with Crippen molar-refractivity contribution >= 4 is 39.1 Å². The maximum Gasteiger partial charge on any atom is 0.244 e. The number of hydrogen-bond donors (Lipinski definition) is 0. The second-order valence-corrected chi connectivity index (χ2v) is 10.4. The minimum atomic E-state index is -3.72. The number of carbonyl (C=O) groups is 1. The van der Waals surface area contributed by atoms with E-state index in [9.17, 15) is 13.2 Å². The lowest BCUT2D eigenvalue weighted by molar-refractivity contribution is -0.139. The predicted octanol–water partition coefficient (Wildman–Crippen LogP) is 4.58. The van der Waals surface area contributed by atoms with Crippen LogP contribution in [0.1, 0.15) is 51.9 Å². The second-order valence-electron chi connectivity index (χ2n) is 7.67.